The Hall–Kier alpha value is -0.0800. The quantitative estimate of drug-likeness (QED) is 0.666. The molecule has 2 saturated carbocycles. The van der Waals surface area contributed by atoms with Gasteiger partial charge in [-0.3, -0.25) is 0 Å². The number of fused-ring (bicyclic) bond motifs is 2. The van der Waals surface area contributed by atoms with E-state index < -0.39 is 0 Å². The summed E-state index contributed by atoms with van der Waals surface area (Å²) < 4.78 is 6.02. The third-order valence-corrected chi connectivity index (χ3v) is 3.78. The smallest absolute Gasteiger partial charge is 0.0827 e. The highest BCUT2D eigenvalue weighted by Gasteiger charge is 2.41. The Kier molecular flexibility index (Phi) is 1.66. The van der Waals surface area contributed by atoms with Crippen LogP contribution in [0.5, 0.6) is 0 Å². The first-order valence-electron chi connectivity index (χ1n) is 5.28. The highest BCUT2D eigenvalue weighted by atomic mass is 16.5. The van der Waals surface area contributed by atoms with Crippen LogP contribution < -0.4 is 5.32 Å². The van der Waals surface area contributed by atoms with Crippen LogP contribution in [0, 0.1) is 11.8 Å². The van der Waals surface area contributed by atoms with Crippen molar-refractivity contribution in [3.8, 4) is 0 Å². The molecule has 3 aliphatic rings. The third kappa shape index (κ3) is 1.09. The summed E-state index contributed by atoms with van der Waals surface area (Å²) in [6, 6.07) is 0. The van der Waals surface area contributed by atoms with Crippen molar-refractivity contribution < 1.29 is 4.74 Å². The number of ether oxygens (including phenoxy) is 1. The molecule has 3 rings (SSSR count). The minimum absolute atomic E-state index is 0.550. The Morgan fingerprint density at radius 2 is 2.00 bits per heavy atom. The maximum atomic E-state index is 6.02. The van der Waals surface area contributed by atoms with Crippen LogP contribution in [0.25, 0.3) is 0 Å². The van der Waals surface area contributed by atoms with Gasteiger partial charge in [0.2, 0.25) is 0 Å². The molecule has 0 aromatic rings. The summed E-state index contributed by atoms with van der Waals surface area (Å²) in [6.45, 7) is 2.18. The van der Waals surface area contributed by atoms with Gasteiger partial charge in [0.05, 0.1) is 12.2 Å². The molecule has 1 heterocycles. The molecule has 2 bridgehead atoms. The van der Waals surface area contributed by atoms with Crippen molar-refractivity contribution in [1.29, 1.82) is 0 Å². The Bertz CT molecular complexity index is 179. The normalized spacial score (nSPS) is 46.5. The topological polar surface area (TPSA) is 21.3 Å². The Morgan fingerprint density at radius 3 is 2.50 bits per heavy atom. The van der Waals surface area contributed by atoms with Gasteiger partial charge in [-0.2, -0.15) is 0 Å². The lowest BCUT2D eigenvalue weighted by atomic mass is 9.97. The zero-order chi connectivity index (χ0) is 7.97. The largest absolute Gasteiger partial charge is 0.372 e. The van der Waals surface area contributed by atoms with E-state index in [0.29, 0.717) is 12.2 Å². The predicted molar refractivity (Wildman–Crippen MR) is 47.0 cm³/mol. The average Bonchev–Trinajstić information content (AvgIpc) is 2.56. The van der Waals surface area contributed by atoms with E-state index >= 15 is 0 Å². The molecule has 3 atom stereocenters. The molecule has 12 heavy (non-hydrogen) atoms. The van der Waals surface area contributed by atoms with Gasteiger partial charge in [0.1, 0.15) is 0 Å². The molecule has 0 spiro atoms. The van der Waals surface area contributed by atoms with Gasteiger partial charge >= 0.3 is 0 Å². The standard InChI is InChI=1S/C10H17NO/c1-2-8-3-7(1)4-10(8)12-9-5-11-6-9/h7-11H,1-6H2. The first-order chi connectivity index (χ1) is 5.92. The Morgan fingerprint density at radius 1 is 1.08 bits per heavy atom. The number of hydrogen-bond acceptors (Lipinski definition) is 2. The molecular formula is C10H17NO. The molecule has 0 radical (unpaired) electrons. The maximum absolute atomic E-state index is 6.02. The van der Waals surface area contributed by atoms with Gasteiger partial charge in [-0.15, -0.1) is 0 Å². The van der Waals surface area contributed by atoms with Crippen molar-refractivity contribution in [1.82, 2.24) is 5.32 Å². The number of nitrogens with one attached hydrogen (secondary N) is 1. The molecule has 1 N–H and O–H groups in total. The van der Waals surface area contributed by atoms with Crippen LogP contribution in [0.3, 0.4) is 0 Å². The molecule has 2 heteroatoms. The van der Waals surface area contributed by atoms with Gasteiger partial charge in [-0.05, 0) is 37.5 Å². The molecule has 1 saturated heterocycles. The molecule has 68 valence electrons. The summed E-state index contributed by atoms with van der Waals surface area (Å²) in [7, 11) is 0. The fourth-order valence-electron chi connectivity index (χ4n) is 2.96. The Balaban J connectivity index is 1.56. The second kappa shape index (κ2) is 2.71. The van der Waals surface area contributed by atoms with E-state index in [1.165, 1.54) is 25.7 Å². The molecule has 3 fully saturated rings. The lowest BCUT2D eigenvalue weighted by molar-refractivity contribution is -0.0603. The van der Waals surface area contributed by atoms with Crippen LogP contribution >= 0.6 is 0 Å². The van der Waals surface area contributed by atoms with Crippen molar-refractivity contribution in [3.63, 3.8) is 0 Å². The van der Waals surface area contributed by atoms with E-state index in [4.69, 9.17) is 4.74 Å². The zero-order valence-electron chi connectivity index (χ0n) is 7.46. The fraction of sp³-hybridized carbons (Fsp3) is 1.00. The average molecular weight is 167 g/mol. The summed E-state index contributed by atoms with van der Waals surface area (Å²) in [5.41, 5.74) is 0. The van der Waals surface area contributed by atoms with Crippen molar-refractivity contribution in [2.45, 2.75) is 37.9 Å². The van der Waals surface area contributed by atoms with Gasteiger partial charge in [0.25, 0.3) is 0 Å². The maximum Gasteiger partial charge on any atom is 0.0827 e. The van der Waals surface area contributed by atoms with E-state index in [-0.39, 0.29) is 0 Å². The summed E-state index contributed by atoms with van der Waals surface area (Å²) in [6.07, 6.45) is 6.93. The van der Waals surface area contributed by atoms with Crippen LogP contribution in [0.2, 0.25) is 0 Å². The lowest BCUT2D eigenvalue weighted by Crippen LogP contribution is -2.50. The third-order valence-electron chi connectivity index (χ3n) is 3.78. The fourth-order valence-corrected chi connectivity index (χ4v) is 2.96. The highest BCUT2D eigenvalue weighted by molar-refractivity contribution is 4.92. The Labute approximate surface area is 73.7 Å². The summed E-state index contributed by atoms with van der Waals surface area (Å²) in [5.74, 6) is 1.95. The molecule has 0 aromatic heterocycles. The number of hydrogen-bond donors (Lipinski definition) is 1. The van der Waals surface area contributed by atoms with Crippen LogP contribution in [-0.2, 0) is 4.74 Å². The van der Waals surface area contributed by atoms with E-state index in [0.717, 1.165) is 24.9 Å². The zero-order valence-corrected chi connectivity index (χ0v) is 7.46. The first kappa shape index (κ1) is 7.34. The molecule has 0 aromatic carbocycles. The van der Waals surface area contributed by atoms with Crippen molar-refractivity contribution in [3.05, 3.63) is 0 Å². The molecular weight excluding hydrogens is 150 g/mol. The van der Waals surface area contributed by atoms with E-state index in [1.54, 1.807) is 0 Å². The predicted octanol–water partition coefficient (Wildman–Crippen LogP) is 1.16. The van der Waals surface area contributed by atoms with E-state index in [2.05, 4.69) is 5.32 Å². The van der Waals surface area contributed by atoms with Crippen LogP contribution in [0.1, 0.15) is 25.7 Å². The minimum atomic E-state index is 0.550. The molecule has 3 unspecified atom stereocenters. The van der Waals surface area contributed by atoms with Gasteiger partial charge in [0, 0.05) is 13.1 Å². The van der Waals surface area contributed by atoms with E-state index in [1.807, 2.05) is 0 Å². The SMILES string of the molecule is C1CC2CC1CC2OC1CNC1. The van der Waals surface area contributed by atoms with Crippen molar-refractivity contribution in [2.24, 2.45) is 11.8 Å². The van der Waals surface area contributed by atoms with Gasteiger partial charge in [-0.1, -0.05) is 0 Å². The van der Waals surface area contributed by atoms with Gasteiger partial charge < -0.3 is 10.1 Å². The minimum Gasteiger partial charge on any atom is -0.372 e. The monoisotopic (exact) mass is 167 g/mol. The van der Waals surface area contributed by atoms with E-state index in [9.17, 15) is 0 Å². The lowest BCUT2D eigenvalue weighted by Gasteiger charge is -2.33. The highest BCUT2D eigenvalue weighted by Crippen LogP contribution is 2.46. The summed E-state index contributed by atoms with van der Waals surface area (Å²) in [5, 5.41) is 3.25. The van der Waals surface area contributed by atoms with Crippen LogP contribution in [0.4, 0.5) is 0 Å². The van der Waals surface area contributed by atoms with Crippen LogP contribution in [0.15, 0.2) is 0 Å². The van der Waals surface area contributed by atoms with Crippen LogP contribution in [-0.4, -0.2) is 25.3 Å². The molecule has 1 aliphatic heterocycles. The van der Waals surface area contributed by atoms with Crippen molar-refractivity contribution >= 4 is 0 Å². The second-order valence-electron chi connectivity index (χ2n) is 4.63. The summed E-state index contributed by atoms with van der Waals surface area (Å²) >= 11 is 0. The van der Waals surface area contributed by atoms with Gasteiger partial charge in [0.15, 0.2) is 0 Å². The second-order valence-corrected chi connectivity index (χ2v) is 4.63. The molecule has 2 aliphatic carbocycles. The summed E-state index contributed by atoms with van der Waals surface area (Å²) in [4.78, 5) is 0. The number of rotatable bonds is 2. The van der Waals surface area contributed by atoms with Crippen molar-refractivity contribution in [2.75, 3.05) is 13.1 Å². The first-order valence-corrected chi connectivity index (χ1v) is 5.28. The molecule has 0 amide bonds. The molecule has 2 nitrogen and oxygen atoms in total. The van der Waals surface area contributed by atoms with Gasteiger partial charge in [-0.25, -0.2) is 0 Å².